The van der Waals surface area contributed by atoms with Crippen molar-refractivity contribution in [3.8, 4) is 0 Å². The molecule has 1 N–H and O–H groups in total. The number of hydrogen-bond acceptors (Lipinski definition) is 3. The summed E-state index contributed by atoms with van der Waals surface area (Å²) < 4.78 is 5.34. The summed E-state index contributed by atoms with van der Waals surface area (Å²) in [6.45, 7) is 11.4. The Morgan fingerprint density at radius 2 is 1.53 bits per heavy atom. The molecule has 4 heteroatoms. The van der Waals surface area contributed by atoms with Gasteiger partial charge in [-0.3, -0.25) is 4.79 Å². The number of esters is 1. The van der Waals surface area contributed by atoms with E-state index in [4.69, 9.17) is 9.84 Å². The predicted molar refractivity (Wildman–Crippen MR) is 151 cm³/mol. The van der Waals surface area contributed by atoms with Crippen LogP contribution in [-0.2, 0) is 14.3 Å². The van der Waals surface area contributed by atoms with E-state index in [1.54, 1.807) is 6.08 Å². The number of hydrogen-bond donors (Lipinski definition) is 1. The number of unbranched alkanes of at least 4 members (excludes halogenated alkanes) is 8. The summed E-state index contributed by atoms with van der Waals surface area (Å²) >= 11 is 0. The average Bonchev–Trinajstić information content (AvgIpc) is 2.78. The third-order valence-electron chi connectivity index (χ3n) is 6.90. The van der Waals surface area contributed by atoms with Crippen LogP contribution in [-0.4, -0.2) is 23.7 Å². The van der Waals surface area contributed by atoms with E-state index in [1.807, 2.05) is 19.1 Å². The lowest BCUT2D eigenvalue weighted by Crippen LogP contribution is -2.19. The molecule has 0 atom stereocenters. The van der Waals surface area contributed by atoms with Crippen LogP contribution >= 0.6 is 0 Å². The van der Waals surface area contributed by atoms with Crippen LogP contribution in [0.3, 0.4) is 0 Å². The molecule has 0 saturated heterocycles. The molecule has 0 amide bonds. The quantitative estimate of drug-likeness (QED) is 0.0940. The number of ether oxygens (including phenoxy) is 1. The van der Waals surface area contributed by atoms with Crippen LogP contribution in [0.4, 0.5) is 0 Å². The lowest BCUT2D eigenvalue weighted by atomic mass is 9.72. The fraction of sp³-hybridized carbons (Fsp3) is 0.625. The molecule has 36 heavy (non-hydrogen) atoms. The fourth-order valence-corrected chi connectivity index (χ4v) is 4.70. The van der Waals surface area contributed by atoms with Gasteiger partial charge in [0.2, 0.25) is 0 Å². The number of aliphatic carboxylic acids is 1. The Morgan fingerprint density at radius 3 is 2.14 bits per heavy atom. The van der Waals surface area contributed by atoms with Gasteiger partial charge in [0.1, 0.15) is 0 Å². The van der Waals surface area contributed by atoms with Gasteiger partial charge in [-0.2, -0.15) is 0 Å². The first-order valence-corrected chi connectivity index (χ1v) is 13.9. The number of carbonyl (C=O) groups is 2. The molecule has 0 heterocycles. The van der Waals surface area contributed by atoms with Gasteiger partial charge in [0.05, 0.1) is 6.61 Å². The Morgan fingerprint density at radius 1 is 0.917 bits per heavy atom. The number of carboxylic acids is 1. The molecule has 0 unspecified atom stereocenters. The maximum absolute atomic E-state index is 12.0. The maximum atomic E-state index is 12.0. The molecule has 1 rings (SSSR count). The summed E-state index contributed by atoms with van der Waals surface area (Å²) in [6, 6.07) is 0. The number of allylic oxidation sites excluding steroid dienone is 9. The van der Waals surface area contributed by atoms with Crippen LogP contribution in [0.1, 0.15) is 118 Å². The zero-order valence-electron chi connectivity index (χ0n) is 23.5. The van der Waals surface area contributed by atoms with Crippen LogP contribution in [0.25, 0.3) is 0 Å². The first-order chi connectivity index (χ1) is 17.1. The zero-order valence-corrected chi connectivity index (χ0v) is 23.5. The molecule has 0 aliphatic heterocycles. The second-order valence-corrected chi connectivity index (χ2v) is 10.9. The molecule has 0 aromatic rings. The van der Waals surface area contributed by atoms with Crippen molar-refractivity contribution in [3.05, 3.63) is 58.7 Å². The first kappa shape index (κ1) is 31.7. The number of carboxylic acid groups (broad SMARTS) is 1. The highest BCUT2D eigenvalue weighted by atomic mass is 16.5. The topological polar surface area (TPSA) is 63.6 Å². The Balaban J connectivity index is 2.22. The molecule has 1 aliphatic carbocycles. The van der Waals surface area contributed by atoms with Crippen LogP contribution in [0.2, 0.25) is 0 Å². The van der Waals surface area contributed by atoms with E-state index in [-0.39, 0.29) is 17.8 Å². The van der Waals surface area contributed by atoms with Crippen LogP contribution in [0.15, 0.2) is 58.7 Å². The summed E-state index contributed by atoms with van der Waals surface area (Å²) in [4.78, 5) is 22.5. The monoisotopic (exact) mass is 498 g/mol. The van der Waals surface area contributed by atoms with Crippen LogP contribution in [0, 0.1) is 5.41 Å². The summed E-state index contributed by atoms with van der Waals surface area (Å²) in [5.41, 5.74) is 5.28. The Hall–Kier alpha value is -2.36. The van der Waals surface area contributed by atoms with Gasteiger partial charge in [0.25, 0.3) is 0 Å². The molecule has 4 nitrogen and oxygen atoms in total. The second kappa shape index (κ2) is 18.0. The Labute approximate surface area is 220 Å². The van der Waals surface area contributed by atoms with Gasteiger partial charge in [-0.15, -0.1) is 0 Å². The van der Waals surface area contributed by atoms with Gasteiger partial charge in [-0.25, -0.2) is 4.79 Å². The van der Waals surface area contributed by atoms with Gasteiger partial charge in [-0.05, 0) is 69.4 Å². The lowest BCUT2D eigenvalue weighted by molar-refractivity contribution is -0.138. The van der Waals surface area contributed by atoms with Crippen molar-refractivity contribution in [3.63, 3.8) is 0 Å². The Bertz CT molecular complexity index is 836. The lowest BCUT2D eigenvalue weighted by Gasteiger charge is -2.32. The first-order valence-electron chi connectivity index (χ1n) is 13.9. The molecule has 0 spiro atoms. The smallest absolute Gasteiger partial charge is 0.331 e. The van der Waals surface area contributed by atoms with Crippen molar-refractivity contribution >= 4 is 11.9 Å². The SMILES string of the molecule is CC(C=CC1=C(C)CCCC1(C)C)=CC=CC(C)=CC(=O)OCCCCCCCCCCCC(=O)O. The van der Waals surface area contributed by atoms with Crippen LogP contribution < -0.4 is 0 Å². The van der Waals surface area contributed by atoms with Gasteiger partial charge >= 0.3 is 11.9 Å². The minimum Gasteiger partial charge on any atom is -0.481 e. The van der Waals surface area contributed by atoms with E-state index in [0.717, 1.165) is 44.1 Å². The second-order valence-electron chi connectivity index (χ2n) is 10.9. The summed E-state index contributed by atoms with van der Waals surface area (Å²) in [7, 11) is 0. The van der Waals surface area contributed by atoms with E-state index in [0.29, 0.717) is 6.61 Å². The molecule has 202 valence electrons. The molecule has 0 saturated carbocycles. The molecule has 0 radical (unpaired) electrons. The molecular weight excluding hydrogens is 448 g/mol. The predicted octanol–water partition coefficient (Wildman–Crippen LogP) is 9.05. The van der Waals surface area contributed by atoms with Crippen molar-refractivity contribution in [2.75, 3.05) is 6.61 Å². The summed E-state index contributed by atoms with van der Waals surface area (Å²) in [6.07, 6.45) is 25.6. The highest BCUT2D eigenvalue weighted by molar-refractivity contribution is 5.83. The van der Waals surface area contributed by atoms with E-state index >= 15 is 0 Å². The van der Waals surface area contributed by atoms with E-state index in [9.17, 15) is 9.59 Å². The Kier molecular flexibility index (Phi) is 15.8. The van der Waals surface area contributed by atoms with Crippen molar-refractivity contribution in [1.82, 2.24) is 0 Å². The molecule has 0 bridgehead atoms. The van der Waals surface area contributed by atoms with Crippen molar-refractivity contribution in [1.29, 1.82) is 0 Å². The van der Waals surface area contributed by atoms with E-state index in [2.05, 4.69) is 45.9 Å². The highest BCUT2D eigenvalue weighted by Gasteiger charge is 2.26. The van der Waals surface area contributed by atoms with E-state index < -0.39 is 5.97 Å². The minimum atomic E-state index is -0.698. The summed E-state index contributed by atoms with van der Waals surface area (Å²) in [5.74, 6) is -0.975. The van der Waals surface area contributed by atoms with Gasteiger partial charge in [-0.1, -0.05) is 100 Å². The minimum absolute atomic E-state index is 0.250. The molecule has 0 fully saturated rings. The van der Waals surface area contributed by atoms with Crippen molar-refractivity contribution in [2.24, 2.45) is 5.41 Å². The molecule has 0 aromatic heterocycles. The number of carbonyl (C=O) groups excluding carboxylic acids is 1. The number of rotatable bonds is 17. The van der Waals surface area contributed by atoms with Gasteiger partial charge in [0, 0.05) is 12.5 Å². The fourth-order valence-electron chi connectivity index (χ4n) is 4.70. The summed E-state index contributed by atoms with van der Waals surface area (Å²) in [5, 5.41) is 8.61. The third kappa shape index (κ3) is 14.9. The standard InChI is InChI=1S/C32H50O4/c1-26(21-22-29-28(3)19-16-23-32(29,4)5)17-15-18-27(2)25-31(35)36-24-14-12-10-8-6-7-9-11-13-20-30(33)34/h15,17-18,21-22,25H,6-14,16,19-20,23-24H2,1-5H3,(H,33,34). The normalized spacial score (nSPS) is 16.8. The van der Waals surface area contributed by atoms with Crippen molar-refractivity contribution < 1.29 is 19.4 Å². The third-order valence-corrected chi connectivity index (χ3v) is 6.90. The van der Waals surface area contributed by atoms with E-state index in [1.165, 1.54) is 55.2 Å². The molecule has 1 aliphatic rings. The van der Waals surface area contributed by atoms with Gasteiger partial charge < -0.3 is 9.84 Å². The molecule has 0 aromatic carbocycles. The maximum Gasteiger partial charge on any atom is 0.331 e. The zero-order chi connectivity index (χ0) is 26.8. The highest BCUT2D eigenvalue weighted by Crippen LogP contribution is 2.40. The average molecular weight is 499 g/mol. The van der Waals surface area contributed by atoms with Gasteiger partial charge in [0.15, 0.2) is 0 Å². The molecular formula is C32H50O4. The van der Waals surface area contributed by atoms with Crippen LogP contribution in [0.5, 0.6) is 0 Å². The largest absolute Gasteiger partial charge is 0.481 e. The van der Waals surface area contributed by atoms with Crippen molar-refractivity contribution in [2.45, 2.75) is 118 Å².